The summed E-state index contributed by atoms with van der Waals surface area (Å²) in [6.07, 6.45) is 4.49. The van der Waals surface area contributed by atoms with E-state index in [-0.39, 0.29) is 0 Å². The second kappa shape index (κ2) is 6.07. The van der Waals surface area contributed by atoms with Crippen molar-refractivity contribution >= 4 is 28.4 Å². The number of halogens is 1. The van der Waals surface area contributed by atoms with E-state index < -0.39 is 0 Å². The van der Waals surface area contributed by atoms with Crippen LogP contribution in [0.1, 0.15) is 39.4 Å². The molecule has 2 heterocycles. The molecule has 0 saturated carbocycles. The highest BCUT2D eigenvalue weighted by Crippen LogP contribution is 2.25. The van der Waals surface area contributed by atoms with Gasteiger partial charge in [-0.25, -0.2) is 15.0 Å². The van der Waals surface area contributed by atoms with Gasteiger partial charge in [-0.05, 0) is 48.8 Å². The van der Waals surface area contributed by atoms with Gasteiger partial charge in [0.25, 0.3) is 0 Å². The smallest absolute Gasteiger partial charge is 0.180 e. The predicted molar refractivity (Wildman–Crippen MR) is 89.3 cm³/mol. The van der Waals surface area contributed by atoms with E-state index in [1.54, 1.807) is 12.5 Å². The van der Waals surface area contributed by atoms with Crippen LogP contribution in [0.3, 0.4) is 0 Å². The Morgan fingerprint density at radius 2 is 1.95 bits per heavy atom. The average molecular weight is 385 g/mol. The molecule has 2 rings (SSSR count). The van der Waals surface area contributed by atoms with Crippen LogP contribution in [0, 0.1) is 9.49 Å². The molecule has 5 nitrogen and oxygen atoms in total. The molecule has 20 heavy (non-hydrogen) atoms. The van der Waals surface area contributed by atoms with Crippen molar-refractivity contribution in [3.05, 3.63) is 21.8 Å². The third kappa shape index (κ3) is 3.11. The first-order valence-electron chi connectivity index (χ1n) is 6.74. The van der Waals surface area contributed by atoms with Gasteiger partial charge in [0.15, 0.2) is 5.82 Å². The predicted octanol–water partition coefficient (Wildman–Crippen LogP) is 3.31. The first-order chi connectivity index (χ1) is 9.40. The number of imidazole rings is 1. The van der Waals surface area contributed by atoms with Crippen molar-refractivity contribution < 1.29 is 0 Å². The van der Waals surface area contributed by atoms with Crippen LogP contribution in [0.25, 0.3) is 11.5 Å². The Bertz CT molecular complexity index is 604. The zero-order valence-corrected chi connectivity index (χ0v) is 14.4. The Kier molecular flexibility index (Phi) is 4.62. The molecule has 0 aliphatic rings. The molecule has 6 heteroatoms. The maximum absolute atomic E-state index is 6.04. The maximum Gasteiger partial charge on any atom is 0.180 e. The van der Waals surface area contributed by atoms with Crippen LogP contribution >= 0.6 is 22.6 Å². The minimum atomic E-state index is 0.310. The molecule has 108 valence electrons. The van der Waals surface area contributed by atoms with Crippen LogP contribution in [-0.2, 0) is 6.42 Å². The molecule has 0 amide bonds. The minimum absolute atomic E-state index is 0.310. The number of nitrogens with zero attached hydrogens (tertiary/aromatic N) is 4. The standard InChI is InChI=1S/C14H20IN5/c1-8(2)5-10-12(15)13(16)19-14(18-10)11-6-17-7-20(11)9(3)4/h6-9H,5H2,1-4H3,(H2,16,18,19). The molecule has 0 aliphatic carbocycles. The van der Waals surface area contributed by atoms with Gasteiger partial charge in [0.2, 0.25) is 0 Å². The van der Waals surface area contributed by atoms with E-state index in [0.717, 1.165) is 21.4 Å². The van der Waals surface area contributed by atoms with Crippen molar-refractivity contribution in [3.8, 4) is 11.5 Å². The molecule has 0 fully saturated rings. The number of hydrogen-bond donors (Lipinski definition) is 1. The number of anilines is 1. The molecule has 0 bridgehead atoms. The van der Waals surface area contributed by atoms with Gasteiger partial charge in [-0.3, -0.25) is 0 Å². The van der Waals surface area contributed by atoms with Gasteiger partial charge in [0.1, 0.15) is 11.5 Å². The van der Waals surface area contributed by atoms with Gasteiger partial charge in [0, 0.05) is 6.04 Å². The summed E-state index contributed by atoms with van der Waals surface area (Å²) in [7, 11) is 0. The highest BCUT2D eigenvalue weighted by molar-refractivity contribution is 14.1. The number of rotatable bonds is 4. The molecule has 0 saturated heterocycles. The van der Waals surface area contributed by atoms with E-state index in [0.29, 0.717) is 23.6 Å². The van der Waals surface area contributed by atoms with Gasteiger partial charge >= 0.3 is 0 Å². The fourth-order valence-electron chi connectivity index (χ4n) is 2.04. The third-order valence-corrected chi connectivity index (χ3v) is 4.17. The van der Waals surface area contributed by atoms with Crippen molar-refractivity contribution in [2.75, 3.05) is 5.73 Å². The number of hydrogen-bond acceptors (Lipinski definition) is 4. The van der Waals surface area contributed by atoms with Crippen LogP contribution in [0.5, 0.6) is 0 Å². The summed E-state index contributed by atoms with van der Waals surface area (Å²) in [6, 6.07) is 0.310. The highest BCUT2D eigenvalue weighted by atomic mass is 127. The molecule has 2 aromatic rings. The second-order valence-corrected chi connectivity index (χ2v) is 6.65. The van der Waals surface area contributed by atoms with Crippen LogP contribution < -0.4 is 5.73 Å². The monoisotopic (exact) mass is 385 g/mol. The average Bonchev–Trinajstić information content (AvgIpc) is 2.83. The van der Waals surface area contributed by atoms with Crippen LogP contribution in [0.2, 0.25) is 0 Å². The molecule has 0 aliphatic heterocycles. The second-order valence-electron chi connectivity index (χ2n) is 5.57. The summed E-state index contributed by atoms with van der Waals surface area (Å²) in [5.74, 6) is 1.73. The van der Waals surface area contributed by atoms with Gasteiger partial charge in [-0.15, -0.1) is 0 Å². The largest absolute Gasteiger partial charge is 0.383 e. The Balaban J connectivity index is 2.52. The van der Waals surface area contributed by atoms with Crippen molar-refractivity contribution in [2.45, 2.75) is 40.2 Å². The number of nitrogen functional groups attached to an aromatic ring is 1. The zero-order chi connectivity index (χ0) is 14.9. The molecule has 0 spiro atoms. The summed E-state index contributed by atoms with van der Waals surface area (Å²) in [6.45, 7) is 8.56. The lowest BCUT2D eigenvalue weighted by atomic mass is 10.1. The third-order valence-electron chi connectivity index (χ3n) is 3.00. The Morgan fingerprint density at radius 3 is 2.55 bits per heavy atom. The molecular formula is C14H20IN5. The molecule has 2 aromatic heterocycles. The quantitative estimate of drug-likeness (QED) is 0.820. The van der Waals surface area contributed by atoms with Crippen LogP contribution in [-0.4, -0.2) is 19.5 Å². The molecule has 0 atom stereocenters. The zero-order valence-electron chi connectivity index (χ0n) is 12.3. The maximum atomic E-state index is 6.04. The summed E-state index contributed by atoms with van der Waals surface area (Å²) >= 11 is 2.22. The van der Waals surface area contributed by atoms with Crippen molar-refractivity contribution in [1.29, 1.82) is 0 Å². The van der Waals surface area contributed by atoms with E-state index in [1.807, 2.05) is 0 Å². The van der Waals surface area contributed by atoms with Crippen LogP contribution in [0.4, 0.5) is 5.82 Å². The van der Waals surface area contributed by atoms with Crippen LogP contribution in [0.15, 0.2) is 12.5 Å². The molecule has 0 aromatic carbocycles. The van der Waals surface area contributed by atoms with Gasteiger partial charge in [-0.2, -0.15) is 0 Å². The first kappa shape index (κ1) is 15.2. The van der Waals surface area contributed by atoms with Crippen molar-refractivity contribution in [2.24, 2.45) is 5.92 Å². The Hall–Kier alpha value is -1.18. The Labute approximate surface area is 133 Å². The van der Waals surface area contributed by atoms with Crippen molar-refractivity contribution in [1.82, 2.24) is 19.5 Å². The molecule has 2 N–H and O–H groups in total. The summed E-state index contributed by atoms with van der Waals surface area (Å²) in [4.78, 5) is 13.3. The molecular weight excluding hydrogens is 365 g/mol. The first-order valence-corrected chi connectivity index (χ1v) is 7.82. The summed E-state index contributed by atoms with van der Waals surface area (Å²) < 4.78 is 3.01. The van der Waals surface area contributed by atoms with E-state index in [1.165, 1.54) is 0 Å². The Morgan fingerprint density at radius 1 is 1.25 bits per heavy atom. The van der Waals surface area contributed by atoms with Crippen molar-refractivity contribution in [3.63, 3.8) is 0 Å². The van der Waals surface area contributed by atoms with Gasteiger partial charge < -0.3 is 10.3 Å². The van der Waals surface area contributed by atoms with Gasteiger partial charge in [0.05, 0.1) is 21.8 Å². The fraction of sp³-hybridized carbons (Fsp3) is 0.500. The van der Waals surface area contributed by atoms with E-state index >= 15 is 0 Å². The lowest BCUT2D eigenvalue weighted by Gasteiger charge is -2.14. The lowest BCUT2D eigenvalue weighted by molar-refractivity contribution is 0.601. The molecule has 0 unspecified atom stereocenters. The minimum Gasteiger partial charge on any atom is -0.383 e. The van der Waals surface area contributed by atoms with E-state index in [4.69, 9.17) is 10.7 Å². The number of aromatic nitrogens is 4. The topological polar surface area (TPSA) is 69.6 Å². The summed E-state index contributed by atoms with van der Waals surface area (Å²) in [5.41, 5.74) is 7.96. The number of nitrogens with two attached hydrogens (primary N) is 1. The summed E-state index contributed by atoms with van der Waals surface area (Å²) in [5, 5.41) is 0. The van der Waals surface area contributed by atoms with E-state index in [9.17, 15) is 0 Å². The lowest BCUT2D eigenvalue weighted by Crippen LogP contribution is -2.10. The fourth-order valence-corrected chi connectivity index (χ4v) is 2.50. The SMILES string of the molecule is CC(C)Cc1nc(-c2cncn2C(C)C)nc(N)c1I. The molecule has 0 radical (unpaired) electrons. The highest BCUT2D eigenvalue weighted by Gasteiger charge is 2.16. The van der Waals surface area contributed by atoms with Gasteiger partial charge in [-0.1, -0.05) is 13.8 Å². The normalized spacial score (nSPS) is 11.6. The van der Waals surface area contributed by atoms with E-state index in [2.05, 4.69) is 64.8 Å².